The van der Waals surface area contributed by atoms with E-state index in [0.717, 1.165) is 16.7 Å². The Hall–Kier alpha value is -2.00. The van der Waals surface area contributed by atoms with Crippen molar-refractivity contribution in [2.75, 3.05) is 0 Å². The van der Waals surface area contributed by atoms with Gasteiger partial charge in [-0.3, -0.25) is 4.79 Å². The number of hydrogen-bond donors (Lipinski definition) is 1. The fraction of sp³-hybridized carbons (Fsp3) is 0.417. The van der Waals surface area contributed by atoms with Gasteiger partial charge in [0.2, 0.25) is 0 Å². The Labute approximate surface area is 99.7 Å². The zero-order chi connectivity index (χ0) is 12.8. The summed E-state index contributed by atoms with van der Waals surface area (Å²) in [6.45, 7) is 3.88. The molecule has 1 N–H and O–H groups in total. The van der Waals surface area contributed by atoms with Crippen LogP contribution in [0, 0.1) is 13.8 Å². The molecule has 0 aromatic heterocycles. The van der Waals surface area contributed by atoms with E-state index in [1.165, 1.54) is 0 Å². The minimum atomic E-state index is -0.881. The van der Waals surface area contributed by atoms with Gasteiger partial charge < -0.3 is 5.11 Å². The van der Waals surface area contributed by atoms with Crippen molar-refractivity contribution in [3.8, 4) is 0 Å². The summed E-state index contributed by atoms with van der Waals surface area (Å²) < 4.78 is 0. The number of carboxylic acids is 1. The number of aryl methyl sites for hydroxylation is 2. The highest BCUT2D eigenvalue weighted by Gasteiger charge is 2.13. The first-order chi connectivity index (χ1) is 8.04. The summed E-state index contributed by atoms with van der Waals surface area (Å²) in [5.41, 5.74) is 11.5. The Morgan fingerprint density at radius 2 is 2.24 bits per heavy atom. The van der Waals surface area contributed by atoms with Gasteiger partial charge in [-0.2, -0.15) is 0 Å². The molecular weight excluding hydrogens is 218 g/mol. The summed E-state index contributed by atoms with van der Waals surface area (Å²) in [6.07, 6.45) is 0.320. The lowest BCUT2D eigenvalue weighted by molar-refractivity contribution is -0.137. The molecule has 0 aliphatic rings. The van der Waals surface area contributed by atoms with Crippen LogP contribution in [0.25, 0.3) is 10.4 Å². The highest BCUT2D eigenvalue weighted by atomic mass is 16.4. The highest BCUT2D eigenvalue weighted by molar-refractivity contribution is 5.66. The van der Waals surface area contributed by atoms with E-state index in [1.54, 1.807) is 0 Å². The standard InChI is InChI=1S/C12H15N3O2/c1-8-3-4-9(2)10(7-8)11(14-15-13)5-6-12(16)17/h3-4,7,11H,5-6H2,1-2H3,(H,16,17). The van der Waals surface area contributed by atoms with E-state index in [1.807, 2.05) is 32.0 Å². The molecule has 0 aliphatic carbocycles. The number of benzene rings is 1. The molecule has 1 aromatic rings. The number of rotatable bonds is 5. The van der Waals surface area contributed by atoms with Gasteiger partial charge >= 0.3 is 5.97 Å². The number of azide groups is 1. The molecule has 17 heavy (non-hydrogen) atoms. The van der Waals surface area contributed by atoms with Gasteiger partial charge in [0.05, 0.1) is 6.04 Å². The Balaban J connectivity index is 3.00. The molecule has 0 heterocycles. The van der Waals surface area contributed by atoms with Crippen molar-refractivity contribution in [3.63, 3.8) is 0 Å². The normalized spacial score (nSPS) is 11.6. The van der Waals surface area contributed by atoms with E-state index < -0.39 is 12.0 Å². The first-order valence-electron chi connectivity index (χ1n) is 5.37. The number of carbonyl (C=O) groups is 1. The highest BCUT2D eigenvalue weighted by Crippen LogP contribution is 2.27. The molecule has 1 atom stereocenters. The first kappa shape index (κ1) is 13.1. The maximum Gasteiger partial charge on any atom is 0.303 e. The predicted octanol–water partition coefficient (Wildman–Crippen LogP) is 3.52. The van der Waals surface area contributed by atoms with Crippen LogP contribution in [0.5, 0.6) is 0 Å². The molecule has 0 saturated carbocycles. The van der Waals surface area contributed by atoms with Gasteiger partial charge in [-0.05, 0) is 36.9 Å². The number of carboxylic acid groups (broad SMARTS) is 1. The van der Waals surface area contributed by atoms with Crippen LogP contribution >= 0.6 is 0 Å². The third-order valence-electron chi connectivity index (χ3n) is 2.62. The molecule has 0 radical (unpaired) electrons. The Morgan fingerprint density at radius 3 is 2.82 bits per heavy atom. The smallest absolute Gasteiger partial charge is 0.303 e. The van der Waals surface area contributed by atoms with Crippen molar-refractivity contribution in [1.29, 1.82) is 0 Å². The van der Waals surface area contributed by atoms with Crippen LogP contribution in [0.4, 0.5) is 0 Å². The summed E-state index contributed by atoms with van der Waals surface area (Å²) in [4.78, 5) is 13.3. The molecule has 0 aliphatic heterocycles. The average molecular weight is 233 g/mol. The lowest BCUT2D eigenvalue weighted by atomic mass is 9.96. The van der Waals surface area contributed by atoms with Gasteiger partial charge in [0.1, 0.15) is 0 Å². The summed E-state index contributed by atoms with van der Waals surface area (Å²) in [5, 5.41) is 12.4. The molecule has 1 aromatic carbocycles. The summed E-state index contributed by atoms with van der Waals surface area (Å²) in [6, 6.07) is 5.46. The van der Waals surface area contributed by atoms with E-state index in [9.17, 15) is 4.79 Å². The van der Waals surface area contributed by atoms with Gasteiger partial charge in [-0.1, -0.05) is 28.9 Å². The van der Waals surface area contributed by atoms with Gasteiger partial charge in [0.15, 0.2) is 0 Å². The minimum absolute atomic E-state index is 0.00291. The fourth-order valence-corrected chi connectivity index (χ4v) is 1.72. The lowest BCUT2D eigenvalue weighted by Crippen LogP contribution is -2.02. The van der Waals surface area contributed by atoms with E-state index in [4.69, 9.17) is 10.6 Å². The van der Waals surface area contributed by atoms with Gasteiger partial charge in [-0.25, -0.2) is 0 Å². The molecule has 90 valence electrons. The van der Waals surface area contributed by atoms with Crippen molar-refractivity contribution < 1.29 is 9.90 Å². The molecular formula is C12H15N3O2. The Kier molecular flexibility index (Phi) is 4.55. The van der Waals surface area contributed by atoms with Crippen LogP contribution in [-0.2, 0) is 4.79 Å². The summed E-state index contributed by atoms with van der Waals surface area (Å²) in [7, 11) is 0. The SMILES string of the molecule is Cc1ccc(C)c(C(CCC(=O)O)N=[N+]=[N-])c1. The van der Waals surface area contributed by atoms with E-state index >= 15 is 0 Å². The molecule has 0 spiro atoms. The van der Waals surface area contributed by atoms with E-state index in [-0.39, 0.29) is 6.42 Å². The van der Waals surface area contributed by atoms with Crippen molar-refractivity contribution in [2.24, 2.45) is 5.11 Å². The van der Waals surface area contributed by atoms with Crippen LogP contribution in [0.3, 0.4) is 0 Å². The predicted molar refractivity (Wildman–Crippen MR) is 64.7 cm³/mol. The minimum Gasteiger partial charge on any atom is -0.481 e. The molecule has 5 heteroatoms. The van der Waals surface area contributed by atoms with Crippen molar-refractivity contribution in [3.05, 3.63) is 45.3 Å². The number of nitrogens with zero attached hydrogens (tertiary/aromatic N) is 3. The lowest BCUT2D eigenvalue weighted by Gasteiger charge is -2.14. The van der Waals surface area contributed by atoms with Crippen molar-refractivity contribution in [2.45, 2.75) is 32.7 Å². The third kappa shape index (κ3) is 3.81. The third-order valence-corrected chi connectivity index (χ3v) is 2.62. The molecule has 5 nitrogen and oxygen atoms in total. The van der Waals surface area contributed by atoms with E-state index in [2.05, 4.69) is 10.0 Å². The van der Waals surface area contributed by atoms with Gasteiger partial charge in [-0.15, -0.1) is 0 Å². The van der Waals surface area contributed by atoms with Crippen molar-refractivity contribution >= 4 is 5.97 Å². The second-order valence-corrected chi connectivity index (χ2v) is 4.01. The molecule has 0 amide bonds. The maximum absolute atomic E-state index is 10.6. The Bertz CT molecular complexity index is 465. The monoisotopic (exact) mass is 233 g/mol. The second kappa shape index (κ2) is 5.92. The average Bonchev–Trinajstić information content (AvgIpc) is 2.27. The topological polar surface area (TPSA) is 86.1 Å². The van der Waals surface area contributed by atoms with Crippen LogP contribution < -0.4 is 0 Å². The second-order valence-electron chi connectivity index (χ2n) is 4.01. The van der Waals surface area contributed by atoms with Crippen LogP contribution in [0.15, 0.2) is 23.3 Å². The zero-order valence-corrected chi connectivity index (χ0v) is 9.92. The van der Waals surface area contributed by atoms with Gasteiger partial charge in [0.25, 0.3) is 0 Å². The Morgan fingerprint density at radius 1 is 1.53 bits per heavy atom. The van der Waals surface area contributed by atoms with Gasteiger partial charge in [0, 0.05) is 11.3 Å². The number of aliphatic carboxylic acids is 1. The molecule has 1 unspecified atom stereocenters. The van der Waals surface area contributed by atoms with Crippen LogP contribution in [0.2, 0.25) is 0 Å². The van der Waals surface area contributed by atoms with E-state index in [0.29, 0.717) is 6.42 Å². The first-order valence-corrected chi connectivity index (χ1v) is 5.37. The summed E-state index contributed by atoms with van der Waals surface area (Å²) in [5.74, 6) is -0.881. The zero-order valence-electron chi connectivity index (χ0n) is 9.92. The molecule has 0 bridgehead atoms. The van der Waals surface area contributed by atoms with Crippen LogP contribution in [0.1, 0.15) is 35.6 Å². The quantitative estimate of drug-likeness (QED) is 0.479. The largest absolute Gasteiger partial charge is 0.481 e. The fourth-order valence-electron chi connectivity index (χ4n) is 1.72. The van der Waals surface area contributed by atoms with Crippen molar-refractivity contribution in [1.82, 2.24) is 0 Å². The maximum atomic E-state index is 10.6. The summed E-state index contributed by atoms with van der Waals surface area (Å²) >= 11 is 0. The molecule has 1 rings (SSSR count). The van der Waals surface area contributed by atoms with Crippen LogP contribution in [-0.4, -0.2) is 11.1 Å². The number of hydrogen-bond acceptors (Lipinski definition) is 2. The molecule has 0 saturated heterocycles. The molecule has 0 fully saturated rings.